The van der Waals surface area contributed by atoms with Crippen LogP contribution in [0.1, 0.15) is 25.3 Å². The molecule has 1 unspecified atom stereocenters. The number of nitro groups is 1. The fraction of sp³-hybridized carbons (Fsp3) is 0.211. The number of hydrogen-bond acceptors (Lipinski definition) is 8. The highest BCUT2D eigenvalue weighted by atomic mass is 16.6. The molecule has 0 fully saturated rings. The van der Waals surface area contributed by atoms with E-state index in [2.05, 4.69) is 10.2 Å². The van der Waals surface area contributed by atoms with E-state index < -0.39 is 17.0 Å². The molecule has 3 aromatic rings. The van der Waals surface area contributed by atoms with Gasteiger partial charge >= 0.3 is 5.97 Å². The zero-order chi connectivity index (χ0) is 19.9. The Labute approximate surface area is 160 Å². The van der Waals surface area contributed by atoms with Crippen molar-refractivity contribution in [1.82, 2.24) is 10.2 Å². The van der Waals surface area contributed by atoms with Crippen LogP contribution in [0.15, 0.2) is 59.0 Å². The fourth-order valence-corrected chi connectivity index (χ4v) is 2.32. The average Bonchev–Trinajstić information content (AvgIpc) is 3.19. The number of aromatic nitrogens is 2. The van der Waals surface area contributed by atoms with Crippen molar-refractivity contribution in [2.45, 2.75) is 19.4 Å². The summed E-state index contributed by atoms with van der Waals surface area (Å²) in [6.07, 6.45) is -0.661. The Balaban J connectivity index is 1.52. The molecule has 0 N–H and O–H groups in total. The van der Waals surface area contributed by atoms with Gasteiger partial charge in [-0.3, -0.25) is 14.9 Å². The maximum Gasteiger partial charge on any atom is 0.310 e. The van der Waals surface area contributed by atoms with Crippen LogP contribution in [0.25, 0.3) is 11.5 Å². The van der Waals surface area contributed by atoms with E-state index in [1.165, 1.54) is 24.3 Å². The number of carbonyl (C=O) groups excluding carboxylic acids is 1. The van der Waals surface area contributed by atoms with Gasteiger partial charge in [-0.1, -0.05) is 18.2 Å². The minimum Gasteiger partial charge on any atom is -0.493 e. The summed E-state index contributed by atoms with van der Waals surface area (Å²) in [5, 5.41) is 18.5. The van der Waals surface area contributed by atoms with Crippen molar-refractivity contribution in [1.29, 1.82) is 0 Å². The third-order valence-corrected chi connectivity index (χ3v) is 3.74. The molecule has 0 amide bonds. The summed E-state index contributed by atoms with van der Waals surface area (Å²) in [4.78, 5) is 22.1. The zero-order valence-electron chi connectivity index (χ0n) is 15.0. The lowest BCUT2D eigenvalue weighted by Gasteiger charge is -2.10. The van der Waals surface area contributed by atoms with E-state index in [4.69, 9.17) is 13.9 Å². The smallest absolute Gasteiger partial charge is 0.310 e. The molecule has 0 aliphatic rings. The quantitative estimate of drug-likeness (QED) is 0.328. The molecule has 1 aromatic heterocycles. The Morgan fingerprint density at radius 3 is 2.54 bits per heavy atom. The Morgan fingerprint density at radius 1 is 1.14 bits per heavy atom. The number of esters is 1. The number of para-hydroxylation sites is 1. The second-order valence-corrected chi connectivity index (χ2v) is 5.79. The third kappa shape index (κ3) is 4.91. The third-order valence-electron chi connectivity index (χ3n) is 3.74. The minimum absolute atomic E-state index is 0.0384. The van der Waals surface area contributed by atoms with Crippen LogP contribution in [-0.4, -0.2) is 27.7 Å². The molecule has 1 heterocycles. The summed E-state index contributed by atoms with van der Waals surface area (Å²) in [6.45, 7) is 1.80. The summed E-state index contributed by atoms with van der Waals surface area (Å²) in [5.41, 5.74) is 0.489. The van der Waals surface area contributed by atoms with E-state index in [1.54, 1.807) is 19.1 Å². The molecule has 0 spiro atoms. The van der Waals surface area contributed by atoms with Gasteiger partial charge in [-0.05, 0) is 31.2 Å². The molecule has 0 aliphatic heterocycles. The van der Waals surface area contributed by atoms with Crippen molar-refractivity contribution in [3.8, 4) is 17.2 Å². The lowest BCUT2D eigenvalue weighted by atomic mass is 10.2. The molecule has 144 valence electrons. The van der Waals surface area contributed by atoms with Crippen LogP contribution in [0.4, 0.5) is 5.69 Å². The van der Waals surface area contributed by atoms with Gasteiger partial charge in [-0.25, -0.2) is 0 Å². The summed E-state index contributed by atoms with van der Waals surface area (Å²) < 4.78 is 16.2. The van der Waals surface area contributed by atoms with Crippen LogP contribution >= 0.6 is 0 Å². The first-order valence-electron chi connectivity index (χ1n) is 8.48. The maximum absolute atomic E-state index is 11.9. The summed E-state index contributed by atoms with van der Waals surface area (Å²) >= 11 is 0. The molecular formula is C19H17N3O6. The molecule has 9 nitrogen and oxygen atoms in total. The number of non-ortho nitro benzene ring substituents is 1. The molecule has 28 heavy (non-hydrogen) atoms. The highest BCUT2D eigenvalue weighted by Gasteiger charge is 2.19. The molecule has 0 aliphatic carbocycles. The average molecular weight is 383 g/mol. The molecule has 0 saturated heterocycles. The highest BCUT2D eigenvalue weighted by molar-refractivity contribution is 5.69. The summed E-state index contributed by atoms with van der Waals surface area (Å²) in [6, 6.07) is 14.9. The van der Waals surface area contributed by atoms with Gasteiger partial charge in [0.1, 0.15) is 5.75 Å². The first kappa shape index (κ1) is 19.0. The summed E-state index contributed by atoms with van der Waals surface area (Å²) in [5.74, 6) is 0.525. The van der Waals surface area contributed by atoms with Crippen molar-refractivity contribution in [3.63, 3.8) is 0 Å². The second kappa shape index (κ2) is 8.76. The van der Waals surface area contributed by atoms with Crippen molar-refractivity contribution >= 4 is 11.7 Å². The maximum atomic E-state index is 11.9. The molecule has 3 rings (SSSR count). The van der Waals surface area contributed by atoms with Crippen molar-refractivity contribution < 1.29 is 23.6 Å². The Morgan fingerprint density at radius 2 is 1.86 bits per heavy atom. The molecule has 2 aromatic carbocycles. The molecule has 9 heteroatoms. The highest BCUT2D eigenvalue weighted by Crippen LogP contribution is 2.24. The number of hydrogen-bond donors (Lipinski definition) is 0. The number of ether oxygens (including phenoxy) is 2. The van der Waals surface area contributed by atoms with Gasteiger partial charge in [-0.15, -0.1) is 10.2 Å². The van der Waals surface area contributed by atoms with Gasteiger partial charge in [-0.2, -0.15) is 0 Å². The van der Waals surface area contributed by atoms with Gasteiger partial charge in [0, 0.05) is 17.7 Å². The molecule has 0 saturated carbocycles. The van der Waals surface area contributed by atoms with Gasteiger partial charge < -0.3 is 13.9 Å². The predicted molar refractivity (Wildman–Crippen MR) is 97.4 cm³/mol. The zero-order valence-corrected chi connectivity index (χ0v) is 15.0. The van der Waals surface area contributed by atoms with Crippen molar-refractivity contribution in [2.75, 3.05) is 6.61 Å². The number of carbonyl (C=O) groups is 1. The lowest BCUT2D eigenvalue weighted by Crippen LogP contribution is -2.12. The molecule has 0 radical (unpaired) electrons. The van der Waals surface area contributed by atoms with Gasteiger partial charge in [0.15, 0.2) is 6.10 Å². The topological polar surface area (TPSA) is 118 Å². The largest absolute Gasteiger partial charge is 0.493 e. The van der Waals surface area contributed by atoms with Crippen molar-refractivity contribution in [3.05, 3.63) is 70.6 Å². The van der Waals surface area contributed by atoms with Gasteiger partial charge in [0.25, 0.3) is 11.6 Å². The minimum atomic E-state index is -0.733. The van der Waals surface area contributed by atoms with Gasteiger partial charge in [0.2, 0.25) is 5.89 Å². The Bertz CT molecular complexity index is 940. The van der Waals surface area contributed by atoms with E-state index in [9.17, 15) is 14.9 Å². The lowest BCUT2D eigenvalue weighted by molar-refractivity contribution is -0.384. The van der Waals surface area contributed by atoms with Crippen LogP contribution < -0.4 is 4.74 Å². The first-order chi connectivity index (χ1) is 13.5. The summed E-state index contributed by atoms with van der Waals surface area (Å²) in [7, 11) is 0. The SMILES string of the molecule is CC(OC(=O)CCOc1ccccc1)c1nnc(-c2ccc([N+](=O)[O-])cc2)o1. The molecule has 1 atom stereocenters. The van der Waals surface area contributed by atoms with E-state index >= 15 is 0 Å². The van der Waals surface area contributed by atoms with E-state index in [1.807, 2.05) is 18.2 Å². The second-order valence-electron chi connectivity index (χ2n) is 5.79. The van der Waals surface area contributed by atoms with Crippen LogP contribution in [0.3, 0.4) is 0 Å². The van der Waals surface area contributed by atoms with Gasteiger partial charge in [0.05, 0.1) is 18.0 Å². The predicted octanol–water partition coefficient (Wildman–Crippen LogP) is 3.72. The monoisotopic (exact) mass is 383 g/mol. The number of nitro benzene ring substituents is 1. The standard InChI is InChI=1S/C19H17N3O6/c1-13(27-17(23)11-12-26-16-5-3-2-4-6-16)18-20-21-19(28-18)14-7-9-15(10-8-14)22(24)25/h2-10,13H,11-12H2,1H3. The number of nitrogens with zero attached hydrogens (tertiary/aromatic N) is 3. The van der Waals surface area contributed by atoms with Crippen molar-refractivity contribution in [2.24, 2.45) is 0 Å². The number of rotatable bonds is 8. The Hall–Kier alpha value is -3.75. The molecule has 0 bridgehead atoms. The van der Waals surface area contributed by atoms with Crippen LogP contribution in [-0.2, 0) is 9.53 Å². The van der Waals surface area contributed by atoms with Crippen LogP contribution in [0, 0.1) is 10.1 Å². The van der Waals surface area contributed by atoms with E-state index in [0.29, 0.717) is 11.3 Å². The normalized spacial score (nSPS) is 11.6. The fourth-order valence-electron chi connectivity index (χ4n) is 2.32. The Kier molecular flexibility index (Phi) is 5.95. The van der Waals surface area contributed by atoms with Crippen LogP contribution in [0.2, 0.25) is 0 Å². The first-order valence-corrected chi connectivity index (χ1v) is 8.48. The molecular weight excluding hydrogens is 366 g/mol. The number of benzene rings is 2. The van der Waals surface area contributed by atoms with E-state index in [0.717, 1.165) is 0 Å². The van der Waals surface area contributed by atoms with E-state index in [-0.39, 0.29) is 30.5 Å². The van der Waals surface area contributed by atoms with Crippen LogP contribution in [0.5, 0.6) is 5.75 Å².